The van der Waals surface area contributed by atoms with Gasteiger partial charge < -0.3 is 25.2 Å². The summed E-state index contributed by atoms with van der Waals surface area (Å²) in [4.78, 5) is 13.4. The maximum absolute atomic E-state index is 14.4. The molecule has 2 N–H and O–H groups in total. The van der Waals surface area contributed by atoms with E-state index in [1.54, 1.807) is 6.20 Å². The molecular formula is C24H25ClF2N6O. The third kappa shape index (κ3) is 4.85. The Labute approximate surface area is 201 Å². The maximum Gasteiger partial charge on any atom is 0.174 e. The van der Waals surface area contributed by atoms with Gasteiger partial charge in [-0.2, -0.15) is 0 Å². The highest BCUT2D eigenvalue weighted by Gasteiger charge is 2.22. The summed E-state index contributed by atoms with van der Waals surface area (Å²) in [6.07, 6.45) is 2.44. The van der Waals surface area contributed by atoms with E-state index in [0.29, 0.717) is 30.5 Å². The Bertz CT molecular complexity index is 1160. The lowest BCUT2D eigenvalue weighted by molar-refractivity contribution is 0.122. The summed E-state index contributed by atoms with van der Waals surface area (Å²) in [5.74, 6) is 0.518. The number of nitrogens with zero attached hydrogens (tertiary/aromatic N) is 4. The van der Waals surface area contributed by atoms with Crippen molar-refractivity contribution in [3.05, 3.63) is 64.8 Å². The van der Waals surface area contributed by atoms with Crippen LogP contribution in [0.25, 0.3) is 0 Å². The number of halogens is 3. The third-order valence-corrected chi connectivity index (χ3v) is 6.36. The van der Waals surface area contributed by atoms with Crippen LogP contribution in [0.2, 0.25) is 5.02 Å². The zero-order valence-electron chi connectivity index (χ0n) is 18.5. The molecule has 0 atom stereocenters. The van der Waals surface area contributed by atoms with Crippen LogP contribution in [0.15, 0.2) is 42.6 Å². The minimum atomic E-state index is -0.645. The SMILES string of the molecule is Fc1ccc(F)c(CN2CCCNc3ncc(Nc4ccc(N5CCOCC5)cc4)nc32)c1Cl. The zero-order chi connectivity index (χ0) is 23.5. The summed E-state index contributed by atoms with van der Waals surface area (Å²) < 4.78 is 33.8. The van der Waals surface area contributed by atoms with Crippen molar-refractivity contribution in [2.24, 2.45) is 0 Å². The van der Waals surface area contributed by atoms with Gasteiger partial charge in [-0.15, -0.1) is 0 Å². The minimum absolute atomic E-state index is 0.0868. The highest BCUT2D eigenvalue weighted by Crippen LogP contribution is 2.31. The van der Waals surface area contributed by atoms with Crippen molar-refractivity contribution in [3.63, 3.8) is 0 Å². The summed E-state index contributed by atoms with van der Waals surface area (Å²) >= 11 is 6.08. The first-order valence-corrected chi connectivity index (χ1v) is 11.6. The summed E-state index contributed by atoms with van der Waals surface area (Å²) in [6.45, 7) is 4.61. The second kappa shape index (κ2) is 9.99. The van der Waals surface area contributed by atoms with E-state index in [-0.39, 0.29) is 17.1 Å². The number of hydrogen-bond donors (Lipinski definition) is 2. The molecule has 3 heterocycles. The van der Waals surface area contributed by atoms with E-state index in [4.69, 9.17) is 21.3 Å². The van der Waals surface area contributed by atoms with Gasteiger partial charge in [0.05, 0.1) is 24.4 Å². The van der Waals surface area contributed by atoms with Gasteiger partial charge in [-0.1, -0.05) is 11.6 Å². The number of nitrogens with one attached hydrogen (secondary N) is 2. The Hall–Kier alpha value is -3.17. The molecule has 3 aromatic rings. The highest BCUT2D eigenvalue weighted by atomic mass is 35.5. The van der Waals surface area contributed by atoms with Crippen molar-refractivity contribution in [2.75, 3.05) is 59.8 Å². The van der Waals surface area contributed by atoms with E-state index in [2.05, 4.69) is 32.7 Å². The number of aromatic nitrogens is 2. The van der Waals surface area contributed by atoms with Gasteiger partial charge in [-0.3, -0.25) is 0 Å². The van der Waals surface area contributed by atoms with Crippen molar-refractivity contribution in [3.8, 4) is 0 Å². The molecular weight excluding hydrogens is 462 g/mol. The molecule has 2 aliphatic heterocycles. The number of fused-ring (bicyclic) bond motifs is 1. The van der Waals surface area contributed by atoms with Crippen LogP contribution in [0.1, 0.15) is 12.0 Å². The molecule has 178 valence electrons. The fraction of sp³-hybridized carbons (Fsp3) is 0.333. The molecule has 1 fully saturated rings. The smallest absolute Gasteiger partial charge is 0.174 e. The van der Waals surface area contributed by atoms with Crippen LogP contribution in [0.4, 0.5) is 37.6 Å². The predicted octanol–water partition coefficient (Wildman–Crippen LogP) is 4.81. The van der Waals surface area contributed by atoms with E-state index in [1.165, 1.54) is 0 Å². The number of anilines is 5. The summed E-state index contributed by atoms with van der Waals surface area (Å²) in [6, 6.07) is 10.2. The standard InChI is InChI=1S/C24H25ClF2N6O/c25-22-18(19(26)6-7-20(22)27)15-33-9-1-8-28-23-24(33)31-21(14-29-23)30-16-2-4-17(5-3-16)32-10-12-34-13-11-32/h2-7,14H,1,8-13,15H2,(H,28,29)(H,30,31). The topological polar surface area (TPSA) is 65.5 Å². The zero-order valence-corrected chi connectivity index (χ0v) is 19.3. The van der Waals surface area contributed by atoms with Crippen LogP contribution in [-0.4, -0.2) is 49.4 Å². The van der Waals surface area contributed by atoms with Crippen molar-refractivity contribution in [1.82, 2.24) is 9.97 Å². The normalized spacial score (nSPS) is 16.0. The molecule has 34 heavy (non-hydrogen) atoms. The van der Waals surface area contributed by atoms with Crippen LogP contribution >= 0.6 is 11.6 Å². The first-order valence-electron chi connectivity index (χ1n) is 11.3. The number of morpholine rings is 1. The predicted molar refractivity (Wildman–Crippen MR) is 130 cm³/mol. The van der Waals surface area contributed by atoms with Gasteiger partial charge in [0.15, 0.2) is 17.5 Å². The maximum atomic E-state index is 14.4. The number of benzene rings is 2. The van der Waals surface area contributed by atoms with Gasteiger partial charge >= 0.3 is 0 Å². The van der Waals surface area contributed by atoms with Crippen molar-refractivity contribution in [2.45, 2.75) is 13.0 Å². The second-order valence-electron chi connectivity index (χ2n) is 8.22. The van der Waals surface area contributed by atoms with Crippen molar-refractivity contribution >= 4 is 40.4 Å². The summed E-state index contributed by atoms with van der Waals surface area (Å²) in [5.41, 5.74) is 2.12. The van der Waals surface area contributed by atoms with Gasteiger partial charge in [0.2, 0.25) is 0 Å². The minimum Gasteiger partial charge on any atom is -0.378 e. The van der Waals surface area contributed by atoms with Gasteiger partial charge in [-0.05, 0) is 42.8 Å². The molecule has 0 saturated carbocycles. The molecule has 0 amide bonds. The average molecular weight is 487 g/mol. The van der Waals surface area contributed by atoms with Crippen LogP contribution in [0.5, 0.6) is 0 Å². The number of ether oxygens (including phenoxy) is 1. The summed E-state index contributed by atoms with van der Waals surface area (Å²) in [5, 5.41) is 6.34. The fourth-order valence-corrected chi connectivity index (χ4v) is 4.36. The number of rotatable bonds is 5. The Kier molecular flexibility index (Phi) is 6.64. The molecule has 0 unspecified atom stereocenters. The lowest BCUT2D eigenvalue weighted by Crippen LogP contribution is -2.36. The fourth-order valence-electron chi connectivity index (χ4n) is 4.15. The van der Waals surface area contributed by atoms with E-state index in [0.717, 1.165) is 56.2 Å². The van der Waals surface area contributed by atoms with Crippen LogP contribution < -0.4 is 20.4 Å². The molecule has 7 nitrogen and oxygen atoms in total. The molecule has 0 radical (unpaired) electrons. The first-order chi connectivity index (χ1) is 16.6. The monoisotopic (exact) mass is 486 g/mol. The van der Waals surface area contributed by atoms with Crippen LogP contribution in [0, 0.1) is 11.6 Å². The molecule has 1 aromatic heterocycles. The Morgan fingerprint density at radius 2 is 1.79 bits per heavy atom. The highest BCUT2D eigenvalue weighted by molar-refractivity contribution is 6.31. The first kappa shape index (κ1) is 22.6. The second-order valence-corrected chi connectivity index (χ2v) is 8.60. The van der Waals surface area contributed by atoms with E-state index in [9.17, 15) is 8.78 Å². The molecule has 2 aromatic carbocycles. The lowest BCUT2D eigenvalue weighted by Gasteiger charge is -2.29. The molecule has 0 bridgehead atoms. The van der Waals surface area contributed by atoms with Crippen molar-refractivity contribution < 1.29 is 13.5 Å². The quantitative estimate of drug-likeness (QED) is 0.502. The summed E-state index contributed by atoms with van der Waals surface area (Å²) in [7, 11) is 0. The molecule has 0 aliphatic carbocycles. The van der Waals surface area contributed by atoms with E-state index < -0.39 is 11.6 Å². The van der Waals surface area contributed by atoms with E-state index >= 15 is 0 Å². The van der Waals surface area contributed by atoms with Gasteiger partial charge in [0, 0.05) is 49.7 Å². The van der Waals surface area contributed by atoms with Crippen molar-refractivity contribution in [1.29, 1.82) is 0 Å². The van der Waals surface area contributed by atoms with E-state index in [1.807, 2.05) is 17.0 Å². The average Bonchev–Trinajstić information content (AvgIpc) is 3.07. The third-order valence-electron chi connectivity index (χ3n) is 5.95. The van der Waals surface area contributed by atoms with Crippen LogP contribution in [-0.2, 0) is 11.3 Å². The van der Waals surface area contributed by atoms with Gasteiger partial charge in [0.25, 0.3) is 0 Å². The molecule has 0 spiro atoms. The van der Waals surface area contributed by atoms with Crippen LogP contribution in [0.3, 0.4) is 0 Å². The molecule has 5 rings (SSSR count). The lowest BCUT2D eigenvalue weighted by atomic mass is 10.2. The molecule has 10 heteroatoms. The van der Waals surface area contributed by atoms with Gasteiger partial charge in [0.1, 0.15) is 11.6 Å². The van der Waals surface area contributed by atoms with Gasteiger partial charge in [-0.25, -0.2) is 18.7 Å². The Morgan fingerprint density at radius 3 is 2.59 bits per heavy atom. The number of hydrogen-bond acceptors (Lipinski definition) is 7. The Morgan fingerprint density at radius 1 is 1.03 bits per heavy atom. The molecule has 1 saturated heterocycles. The largest absolute Gasteiger partial charge is 0.378 e. The Balaban J connectivity index is 1.37. The molecule has 2 aliphatic rings.